The zero-order chi connectivity index (χ0) is 8.39. The number of amides is 1. The molecule has 1 amide bonds. The molecular weight excluding hydrogens is 156 g/mol. The summed E-state index contributed by atoms with van der Waals surface area (Å²) < 4.78 is 5.53. The van der Waals surface area contributed by atoms with Crippen LogP contribution in [0.3, 0.4) is 0 Å². The van der Waals surface area contributed by atoms with E-state index < -0.39 is 0 Å². The van der Waals surface area contributed by atoms with Crippen molar-refractivity contribution in [1.82, 2.24) is 10.6 Å². The molecular formula is C8H14N2O2. The Kier molecular flexibility index (Phi) is 2.28. The van der Waals surface area contributed by atoms with E-state index in [9.17, 15) is 4.79 Å². The fraction of sp³-hybridized carbons (Fsp3) is 0.875. The first-order chi connectivity index (χ1) is 5.86. The maximum Gasteiger partial charge on any atom is 0.220 e. The first-order valence-electron chi connectivity index (χ1n) is 4.48. The number of rotatable bonds is 1. The fourth-order valence-electron chi connectivity index (χ4n) is 1.76. The van der Waals surface area contributed by atoms with Crippen molar-refractivity contribution in [2.24, 2.45) is 0 Å². The molecule has 2 rings (SSSR count). The first kappa shape index (κ1) is 8.01. The second kappa shape index (κ2) is 3.41. The molecule has 2 unspecified atom stereocenters. The maximum absolute atomic E-state index is 10.9. The Morgan fingerprint density at radius 3 is 3.00 bits per heavy atom. The average molecular weight is 170 g/mol. The summed E-state index contributed by atoms with van der Waals surface area (Å²) in [7, 11) is 0. The van der Waals surface area contributed by atoms with Crippen LogP contribution >= 0.6 is 0 Å². The molecule has 2 aliphatic heterocycles. The Hall–Kier alpha value is -0.610. The highest BCUT2D eigenvalue weighted by molar-refractivity contribution is 5.78. The molecule has 0 radical (unpaired) electrons. The summed E-state index contributed by atoms with van der Waals surface area (Å²) in [5.41, 5.74) is 0. The van der Waals surface area contributed by atoms with Gasteiger partial charge in [-0.3, -0.25) is 4.79 Å². The van der Waals surface area contributed by atoms with Gasteiger partial charge >= 0.3 is 0 Å². The standard InChI is InChI=1S/C8H14N2O2/c11-8-2-1-6(10-8)7-5-9-3-4-12-7/h6-7,9H,1-5H2,(H,10,11). The summed E-state index contributed by atoms with van der Waals surface area (Å²) in [5, 5.41) is 6.17. The van der Waals surface area contributed by atoms with Gasteiger partial charge in [-0.05, 0) is 6.42 Å². The molecule has 0 spiro atoms. The van der Waals surface area contributed by atoms with Gasteiger partial charge in [0.25, 0.3) is 0 Å². The lowest BCUT2D eigenvalue weighted by Crippen LogP contribution is -2.49. The number of hydrogen-bond donors (Lipinski definition) is 2. The van der Waals surface area contributed by atoms with Crippen molar-refractivity contribution in [2.45, 2.75) is 25.0 Å². The highest BCUT2D eigenvalue weighted by Crippen LogP contribution is 2.13. The minimum absolute atomic E-state index is 0.161. The molecule has 2 heterocycles. The molecule has 0 aromatic heterocycles. The Morgan fingerprint density at radius 2 is 2.42 bits per heavy atom. The molecule has 0 aromatic carbocycles. The highest BCUT2D eigenvalue weighted by atomic mass is 16.5. The molecule has 0 saturated carbocycles. The van der Waals surface area contributed by atoms with Crippen molar-refractivity contribution in [2.75, 3.05) is 19.7 Å². The van der Waals surface area contributed by atoms with Gasteiger partial charge in [-0.25, -0.2) is 0 Å². The molecule has 0 aromatic rings. The SMILES string of the molecule is O=C1CCC(C2CNCCO2)N1. The lowest BCUT2D eigenvalue weighted by atomic mass is 10.1. The smallest absolute Gasteiger partial charge is 0.220 e. The molecule has 0 bridgehead atoms. The van der Waals surface area contributed by atoms with Gasteiger partial charge in [0, 0.05) is 19.5 Å². The van der Waals surface area contributed by atoms with Crippen molar-refractivity contribution in [1.29, 1.82) is 0 Å². The zero-order valence-corrected chi connectivity index (χ0v) is 7.01. The van der Waals surface area contributed by atoms with E-state index in [0.29, 0.717) is 6.42 Å². The van der Waals surface area contributed by atoms with Gasteiger partial charge < -0.3 is 15.4 Å². The van der Waals surface area contributed by atoms with Crippen LogP contribution in [0, 0.1) is 0 Å². The van der Waals surface area contributed by atoms with E-state index in [-0.39, 0.29) is 18.1 Å². The summed E-state index contributed by atoms with van der Waals surface area (Å²) in [6.45, 7) is 2.55. The van der Waals surface area contributed by atoms with Crippen molar-refractivity contribution in [3.8, 4) is 0 Å². The van der Waals surface area contributed by atoms with Crippen molar-refractivity contribution in [3.63, 3.8) is 0 Å². The normalized spacial score (nSPS) is 36.5. The monoisotopic (exact) mass is 170 g/mol. The van der Waals surface area contributed by atoms with Gasteiger partial charge in [0.1, 0.15) is 0 Å². The Bertz CT molecular complexity index is 178. The Balaban J connectivity index is 1.86. The van der Waals surface area contributed by atoms with Gasteiger partial charge in [-0.15, -0.1) is 0 Å². The molecule has 12 heavy (non-hydrogen) atoms. The van der Waals surface area contributed by atoms with Crippen LogP contribution in [-0.4, -0.2) is 37.7 Å². The summed E-state index contributed by atoms with van der Waals surface area (Å²) in [4.78, 5) is 10.9. The van der Waals surface area contributed by atoms with Crippen LogP contribution in [0.25, 0.3) is 0 Å². The first-order valence-corrected chi connectivity index (χ1v) is 4.48. The van der Waals surface area contributed by atoms with E-state index in [1.165, 1.54) is 0 Å². The van der Waals surface area contributed by atoms with E-state index in [0.717, 1.165) is 26.1 Å². The van der Waals surface area contributed by atoms with E-state index in [4.69, 9.17) is 4.74 Å². The summed E-state index contributed by atoms with van der Waals surface area (Å²) in [5.74, 6) is 0.161. The molecule has 2 aliphatic rings. The number of carbonyl (C=O) groups excluding carboxylic acids is 1. The van der Waals surface area contributed by atoms with Gasteiger partial charge in [0.2, 0.25) is 5.91 Å². The summed E-state index contributed by atoms with van der Waals surface area (Å²) in [6, 6.07) is 0.241. The lowest BCUT2D eigenvalue weighted by Gasteiger charge is -2.28. The molecule has 2 N–H and O–H groups in total. The van der Waals surface area contributed by atoms with Crippen molar-refractivity contribution >= 4 is 5.91 Å². The Morgan fingerprint density at radius 1 is 1.50 bits per heavy atom. The topological polar surface area (TPSA) is 50.4 Å². The van der Waals surface area contributed by atoms with Crippen LogP contribution in [0.15, 0.2) is 0 Å². The van der Waals surface area contributed by atoms with Crippen LogP contribution in [0.4, 0.5) is 0 Å². The highest BCUT2D eigenvalue weighted by Gasteiger charge is 2.30. The van der Waals surface area contributed by atoms with E-state index in [1.54, 1.807) is 0 Å². The molecule has 2 fully saturated rings. The quantitative estimate of drug-likeness (QED) is 0.544. The third kappa shape index (κ3) is 1.59. The van der Waals surface area contributed by atoms with E-state index in [2.05, 4.69) is 10.6 Å². The maximum atomic E-state index is 10.9. The minimum atomic E-state index is 0.161. The summed E-state index contributed by atoms with van der Waals surface area (Å²) >= 11 is 0. The number of nitrogens with one attached hydrogen (secondary N) is 2. The van der Waals surface area contributed by atoms with Gasteiger partial charge in [-0.2, -0.15) is 0 Å². The number of ether oxygens (including phenoxy) is 1. The van der Waals surface area contributed by atoms with Gasteiger partial charge in [-0.1, -0.05) is 0 Å². The van der Waals surface area contributed by atoms with Crippen molar-refractivity contribution < 1.29 is 9.53 Å². The molecule has 4 heteroatoms. The number of carbonyl (C=O) groups is 1. The molecule has 2 atom stereocenters. The third-order valence-electron chi connectivity index (χ3n) is 2.43. The second-order valence-electron chi connectivity index (χ2n) is 3.33. The van der Waals surface area contributed by atoms with Crippen LogP contribution in [0.1, 0.15) is 12.8 Å². The zero-order valence-electron chi connectivity index (χ0n) is 7.01. The van der Waals surface area contributed by atoms with E-state index in [1.807, 2.05) is 0 Å². The van der Waals surface area contributed by atoms with Gasteiger partial charge in [0.15, 0.2) is 0 Å². The predicted octanol–water partition coefficient (Wildman–Crippen LogP) is -0.747. The Labute approximate surface area is 71.7 Å². The average Bonchev–Trinajstić information content (AvgIpc) is 2.54. The van der Waals surface area contributed by atoms with Crippen LogP contribution in [-0.2, 0) is 9.53 Å². The van der Waals surface area contributed by atoms with Crippen LogP contribution in [0.2, 0.25) is 0 Å². The van der Waals surface area contributed by atoms with Crippen LogP contribution < -0.4 is 10.6 Å². The van der Waals surface area contributed by atoms with E-state index >= 15 is 0 Å². The predicted molar refractivity (Wildman–Crippen MR) is 43.8 cm³/mol. The minimum Gasteiger partial charge on any atom is -0.373 e. The molecule has 68 valence electrons. The van der Waals surface area contributed by atoms with Gasteiger partial charge in [0.05, 0.1) is 18.8 Å². The lowest BCUT2D eigenvalue weighted by molar-refractivity contribution is -0.119. The largest absolute Gasteiger partial charge is 0.373 e. The third-order valence-corrected chi connectivity index (χ3v) is 2.43. The second-order valence-corrected chi connectivity index (χ2v) is 3.33. The number of morpholine rings is 1. The fourth-order valence-corrected chi connectivity index (χ4v) is 1.76. The summed E-state index contributed by atoms with van der Waals surface area (Å²) in [6.07, 6.45) is 1.76. The molecule has 4 nitrogen and oxygen atoms in total. The van der Waals surface area contributed by atoms with Crippen LogP contribution in [0.5, 0.6) is 0 Å². The van der Waals surface area contributed by atoms with Crippen molar-refractivity contribution in [3.05, 3.63) is 0 Å². The molecule has 0 aliphatic carbocycles. The molecule has 2 saturated heterocycles. The number of hydrogen-bond acceptors (Lipinski definition) is 3.